The van der Waals surface area contributed by atoms with Crippen molar-refractivity contribution in [2.75, 3.05) is 0 Å². The molecule has 0 heteroatoms. The molecule has 1 fully saturated rings. The van der Waals surface area contributed by atoms with Crippen molar-refractivity contribution in [3.8, 4) is 0 Å². The molecule has 1 aliphatic rings. The Morgan fingerprint density at radius 1 is 1.06 bits per heavy atom. The molecule has 1 atom stereocenters. The molecule has 0 amide bonds. The zero-order valence-corrected chi connectivity index (χ0v) is 11.2. The summed E-state index contributed by atoms with van der Waals surface area (Å²) < 4.78 is 0. The largest absolute Gasteiger partial charge is 0.0625 e. The van der Waals surface area contributed by atoms with E-state index in [1.54, 1.807) is 0 Å². The van der Waals surface area contributed by atoms with Gasteiger partial charge in [-0.15, -0.1) is 0 Å². The van der Waals surface area contributed by atoms with Crippen LogP contribution >= 0.6 is 0 Å². The standard InChI is InChI=1S/C17H26/c1-15(14-17-10-6-3-7-11-17)12-13-16-8-4-2-5-9-16/h2,4-5,8-9,15,17H,3,6-7,10-14H2,1H3/t15-/m0/s1. The fourth-order valence-electron chi connectivity index (χ4n) is 3.17. The molecule has 17 heavy (non-hydrogen) atoms. The lowest BCUT2D eigenvalue weighted by Gasteiger charge is -2.24. The summed E-state index contributed by atoms with van der Waals surface area (Å²) in [5, 5.41) is 0. The third-order valence-corrected chi connectivity index (χ3v) is 4.23. The van der Waals surface area contributed by atoms with Gasteiger partial charge < -0.3 is 0 Å². The van der Waals surface area contributed by atoms with Crippen LogP contribution in [0.5, 0.6) is 0 Å². The predicted molar refractivity (Wildman–Crippen MR) is 75.1 cm³/mol. The lowest BCUT2D eigenvalue weighted by atomic mass is 9.82. The summed E-state index contributed by atoms with van der Waals surface area (Å²) in [6.45, 7) is 2.44. The second kappa shape index (κ2) is 6.83. The van der Waals surface area contributed by atoms with Crippen LogP contribution in [-0.2, 0) is 6.42 Å². The zero-order valence-electron chi connectivity index (χ0n) is 11.2. The van der Waals surface area contributed by atoms with Gasteiger partial charge in [-0.05, 0) is 36.7 Å². The molecule has 1 saturated carbocycles. The van der Waals surface area contributed by atoms with Crippen LogP contribution in [0.25, 0.3) is 0 Å². The van der Waals surface area contributed by atoms with E-state index in [0.717, 1.165) is 11.8 Å². The molecule has 0 aliphatic heterocycles. The molecule has 0 unspecified atom stereocenters. The molecule has 0 aromatic heterocycles. The molecule has 94 valence electrons. The first-order valence-corrected chi connectivity index (χ1v) is 7.38. The Kier molecular flexibility index (Phi) is 5.09. The van der Waals surface area contributed by atoms with Gasteiger partial charge in [0.2, 0.25) is 0 Å². The van der Waals surface area contributed by atoms with Gasteiger partial charge in [-0.2, -0.15) is 0 Å². The van der Waals surface area contributed by atoms with E-state index in [1.165, 1.54) is 56.9 Å². The van der Waals surface area contributed by atoms with E-state index >= 15 is 0 Å². The molecule has 2 rings (SSSR count). The van der Waals surface area contributed by atoms with E-state index in [1.807, 2.05) is 0 Å². The molecular weight excluding hydrogens is 204 g/mol. The molecule has 1 aromatic rings. The maximum Gasteiger partial charge on any atom is -0.0276 e. The van der Waals surface area contributed by atoms with E-state index in [2.05, 4.69) is 37.3 Å². The number of aryl methyl sites for hydroxylation is 1. The van der Waals surface area contributed by atoms with E-state index in [0.29, 0.717) is 0 Å². The van der Waals surface area contributed by atoms with Crippen molar-refractivity contribution in [2.45, 2.75) is 58.3 Å². The Balaban J connectivity index is 1.68. The van der Waals surface area contributed by atoms with Gasteiger partial charge >= 0.3 is 0 Å². The van der Waals surface area contributed by atoms with E-state index < -0.39 is 0 Å². The molecule has 1 aromatic carbocycles. The highest BCUT2D eigenvalue weighted by Gasteiger charge is 2.16. The van der Waals surface area contributed by atoms with Gasteiger partial charge in [-0.25, -0.2) is 0 Å². The number of rotatable bonds is 5. The van der Waals surface area contributed by atoms with Crippen molar-refractivity contribution in [3.63, 3.8) is 0 Å². The summed E-state index contributed by atoms with van der Waals surface area (Å²) in [7, 11) is 0. The SMILES string of the molecule is C[C@@H](CCc1ccccc1)CC1CCCCC1. The molecule has 0 bridgehead atoms. The van der Waals surface area contributed by atoms with Crippen molar-refractivity contribution < 1.29 is 0 Å². The molecule has 0 N–H and O–H groups in total. The van der Waals surface area contributed by atoms with Crippen LogP contribution in [0.15, 0.2) is 30.3 Å². The Morgan fingerprint density at radius 2 is 1.76 bits per heavy atom. The van der Waals surface area contributed by atoms with Gasteiger partial charge in [0, 0.05) is 0 Å². The molecule has 0 nitrogen and oxygen atoms in total. The molecular formula is C17H26. The van der Waals surface area contributed by atoms with Crippen molar-refractivity contribution in [1.82, 2.24) is 0 Å². The summed E-state index contributed by atoms with van der Waals surface area (Å²) in [5.41, 5.74) is 1.50. The van der Waals surface area contributed by atoms with Gasteiger partial charge in [0.05, 0.1) is 0 Å². The highest BCUT2D eigenvalue weighted by molar-refractivity contribution is 5.14. The molecule has 0 heterocycles. The fraction of sp³-hybridized carbons (Fsp3) is 0.647. The Morgan fingerprint density at radius 3 is 2.47 bits per heavy atom. The number of hydrogen-bond acceptors (Lipinski definition) is 0. The van der Waals surface area contributed by atoms with Crippen molar-refractivity contribution in [2.24, 2.45) is 11.8 Å². The summed E-state index contributed by atoms with van der Waals surface area (Å²) in [6.07, 6.45) is 11.5. The smallest absolute Gasteiger partial charge is 0.0276 e. The van der Waals surface area contributed by atoms with Crippen molar-refractivity contribution >= 4 is 0 Å². The average molecular weight is 230 g/mol. The fourth-order valence-corrected chi connectivity index (χ4v) is 3.17. The van der Waals surface area contributed by atoms with Crippen LogP contribution in [0.2, 0.25) is 0 Å². The van der Waals surface area contributed by atoms with Crippen molar-refractivity contribution in [1.29, 1.82) is 0 Å². The normalized spacial score (nSPS) is 19.1. The minimum atomic E-state index is 0.901. The van der Waals surface area contributed by atoms with Gasteiger partial charge in [0.15, 0.2) is 0 Å². The van der Waals surface area contributed by atoms with Crippen LogP contribution in [0.1, 0.15) is 57.4 Å². The predicted octanol–water partition coefficient (Wildman–Crippen LogP) is 5.23. The third-order valence-electron chi connectivity index (χ3n) is 4.23. The quantitative estimate of drug-likeness (QED) is 0.650. The van der Waals surface area contributed by atoms with Gasteiger partial charge in [-0.1, -0.05) is 69.4 Å². The molecule has 0 radical (unpaired) electrons. The first kappa shape index (κ1) is 12.7. The second-order valence-corrected chi connectivity index (χ2v) is 5.87. The van der Waals surface area contributed by atoms with E-state index in [-0.39, 0.29) is 0 Å². The number of hydrogen-bond donors (Lipinski definition) is 0. The maximum absolute atomic E-state index is 2.44. The van der Waals surface area contributed by atoms with Crippen molar-refractivity contribution in [3.05, 3.63) is 35.9 Å². The van der Waals surface area contributed by atoms with Crippen LogP contribution in [0.3, 0.4) is 0 Å². The topological polar surface area (TPSA) is 0 Å². The molecule has 0 saturated heterocycles. The van der Waals surface area contributed by atoms with E-state index in [4.69, 9.17) is 0 Å². The number of benzene rings is 1. The molecule has 1 aliphatic carbocycles. The Labute approximate surface area is 106 Å². The minimum absolute atomic E-state index is 0.901. The van der Waals surface area contributed by atoms with Crippen LogP contribution < -0.4 is 0 Å². The Hall–Kier alpha value is -0.780. The zero-order chi connectivity index (χ0) is 11.9. The first-order valence-electron chi connectivity index (χ1n) is 7.38. The summed E-state index contributed by atoms with van der Waals surface area (Å²) in [5.74, 6) is 1.94. The summed E-state index contributed by atoms with van der Waals surface area (Å²) in [6, 6.07) is 10.9. The maximum atomic E-state index is 2.44. The average Bonchev–Trinajstić information content (AvgIpc) is 2.39. The third kappa shape index (κ3) is 4.53. The van der Waals surface area contributed by atoms with Gasteiger partial charge in [0.25, 0.3) is 0 Å². The van der Waals surface area contributed by atoms with Gasteiger partial charge in [0.1, 0.15) is 0 Å². The van der Waals surface area contributed by atoms with E-state index in [9.17, 15) is 0 Å². The summed E-state index contributed by atoms with van der Waals surface area (Å²) >= 11 is 0. The first-order chi connectivity index (χ1) is 8.34. The summed E-state index contributed by atoms with van der Waals surface area (Å²) in [4.78, 5) is 0. The van der Waals surface area contributed by atoms with Crippen LogP contribution in [0, 0.1) is 11.8 Å². The Bertz CT molecular complexity index is 295. The van der Waals surface area contributed by atoms with Crippen LogP contribution in [-0.4, -0.2) is 0 Å². The lowest BCUT2D eigenvalue weighted by Crippen LogP contribution is -2.11. The van der Waals surface area contributed by atoms with Gasteiger partial charge in [-0.3, -0.25) is 0 Å². The highest BCUT2D eigenvalue weighted by atomic mass is 14.2. The second-order valence-electron chi connectivity index (χ2n) is 5.87. The molecule has 0 spiro atoms. The lowest BCUT2D eigenvalue weighted by molar-refractivity contribution is 0.289. The monoisotopic (exact) mass is 230 g/mol. The minimum Gasteiger partial charge on any atom is -0.0625 e. The highest BCUT2D eigenvalue weighted by Crippen LogP contribution is 2.30. The van der Waals surface area contributed by atoms with Crippen LogP contribution in [0.4, 0.5) is 0 Å².